The van der Waals surface area contributed by atoms with Crippen molar-refractivity contribution < 1.29 is 4.79 Å². The van der Waals surface area contributed by atoms with E-state index in [0.29, 0.717) is 38.6 Å². The summed E-state index contributed by atoms with van der Waals surface area (Å²) in [6, 6.07) is 9.56. The first-order valence-corrected chi connectivity index (χ1v) is 8.07. The smallest absolute Gasteiger partial charge is 0.267 e. The molecule has 0 aliphatic rings. The van der Waals surface area contributed by atoms with Crippen molar-refractivity contribution in [2.75, 3.05) is 0 Å². The quantitative estimate of drug-likeness (QED) is 0.752. The van der Waals surface area contributed by atoms with Gasteiger partial charge >= 0.3 is 0 Å². The lowest BCUT2D eigenvalue weighted by Gasteiger charge is -2.18. The van der Waals surface area contributed by atoms with Crippen molar-refractivity contribution >= 4 is 28.4 Å². The number of aromatic nitrogens is 2. The summed E-state index contributed by atoms with van der Waals surface area (Å²) in [6.45, 7) is 3.46. The number of hydrogen-bond donors (Lipinski definition) is 2. The van der Waals surface area contributed by atoms with Crippen molar-refractivity contribution in [2.45, 2.75) is 19.9 Å². The Morgan fingerprint density at radius 1 is 1.24 bits per heavy atom. The van der Waals surface area contributed by atoms with Crippen LogP contribution in [0.3, 0.4) is 0 Å². The van der Waals surface area contributed by atoms with E-state index in [0.717, 1.165) is 0 Å². The lowest BCUT2D eigenvalue weighted by molar-refractivity contribution is 0.0999. The molecule has 128 valence electrons. The molecule has 0 aliphatic carbocycles. The number of carbonyl (C=O) groups excluding carboxylic acids is 1. The maximum absolute atomic E-state index is 13.2. The van der Waals surface area contributed by atoms with Crippen molar-refractivity contribution in [3.8, 4) is 5.69 Å². The van der Waals surface area contributed by atoms with Crippen LogP contribution in [-0.2, 0) is 0 Å². The molecule has 3 aromatic rings. The zero-order chi connectivity index (χ0) is 18.3. The Morgan fingerprint density at radius 3 is 2.56 bits per heavy atom. The van der Waals surface area contributed by atoms with Crippen LogP contribution < -0.4 is 17.0 Å². The number of primary amides is 1. The van der Waals surface area contributed by atoms with Crippen LogP contribution in [0.25, 0.3) is 16.6 Å². The fourth-order valence-electron chi connectivity index (χ4n) is 2.88. The van der Waals surface area contributed by atoms with Crippen molar-refractivity contribution in [1.29, 1.82) is 0 Å². The normalized spacial score (nSPS) is 12.3. The van der Waals surface area contributed by atoms with Gasteiger partial charge in [-0.15, -0.1) is 0 Å². The molecule has 0 fully saturated rings. The van der Waals surface area contributed by atoms with Gasteiger partial charge in [-0.1, -0.05) is 23.7 Å². The molecule has 4 N–H and O–H groups in total. The first-order chi connectivity index (χ1) is 11.8. The van der Waals surface area contributed by atoms with Gasteiger partial charge in [0, 0.05) is 5.56 Å². The molecule has 0 unspecified atom stereocenters. The third-order valence-corrected chi connectivity index (χ3v) is 4.41. The Hall–Kier alpha value is -2.70. The molecule has 0 spiro atoms. The minimum absolute atomic E-state index is 0.303. The second kappa shape index (κ2) is 6.31. The molecule has 2 aromatic carbocycles. The maximum Gasteiger partial charge on any atom is 0.267 e. The van der Waals surface area contributed by atoms with Gasteiger partial charge in [0.1, 0.15) is 5.82 Å². The summed E-state index contributed by atoms with van der Waals surface area (Å²) in [7, 11) is 0. The predicted octanol–water partition coefficient (Wildman–Crippen LogP) is 2.47. The highest BCUT2D eigenvalue weighted by atomic mass is 35.5. The molecular weight excluding hydrogens is 340 g/mol. The third-order valence-electron chi connectivity index (χ3n) is 4.09. The Morgan fingerprint density at radius 2 is 1.92 bits per heavy atom. The monoisotopic (exact) mass is 356 g/mol. The number of halogens is 1. The molecule has 7 heteroatoms. The van der Waals surface area contributed by atoms with Crippen molar-refractivity contribution in [2.24, 2.45) is 11.5 Å². The summed E-state index contributed by atoms with van der Waals surface area (Å²) in [4.78, 5) is 29.3. The van der Waals surface area contributed by atoms with E-state index < -0.39 is 11.9 Å². The van der Waals surface area contributed by atoms with Crippen molar-refractivity contribution in [3.63, 3.8) is 0 Å². The van der Waals surface area contributed by atoms with Crippen LogP contribution in [0.1, 0.15) is 34.7 Å². The molecule has 3 rings (SSSR count). The van der Waals surface area contributed by atoms with E-state index in [4.69, 9.17) is 23.1 Å². The summed E-state index contributed by atoms with van der Waals surface area (Å²) >= 11 is 6.22. The van der Waals surface area contributed by atoms with Crippen molar-refractivity contribution in [1.82, 2.24) is 9.55 Å². The van der Waals surface area contributed by atoms with E-state index >= 15 is 0 Å². The number of fused-ring (bicyclic) bond motifs is 1. The molecular formula is C18H17ClN4O2. The molecule has 1 amide bonds. The van der Waals surface area contributed by atoms with Gasteiger partial charge in [0.25, 0.3) is 5.56 Å². The minimum Gasteiger partial charge on any atom is -0.366 e. The van der Waals surface area contributed by atoms with Gasteiger partial charge in [0.2, 0.25) is 5.91 Å². The molecule has 6 nitrogen and oxygen atoms in total. The van der Waals surface area contributed by atoms with E-state index in [9.17, 15) is 9.59 Å². The number of benzene rings is 2. The molecule has 0 aliphatic heterocycles. The second-order valence-electron chi connectivity index (χ2n) is 5.85. The van der Waals surface area contributed by atoms with E-state index in [1.165, 1.54) is 4.57 Å². The van der Waals surface area contributed by atoms with Crippen LogP contribution in [-0.4, -0.2) is 15.5 Å². The second-order valence-corrected chi connectivity index (χ2v) is 6.25. The van der Waals surface area contributed by atoms with Crippen molar-refractivity contribution in [3.05, 3.63) is 68.7 Å². The number of carbonyl (C=O) groups is 1. The van der Waals surface area contributed by atoms with E-state index in [1.54, 1.807) is 50.2 Å². The summed E-state index contributed by atoms with van der Waals surface area (Å²) in [5, 5.41) is 0.612. The highest BCUT2D eigenvalue weighted by Gasteiger charge is 2.20. The lowest BCUT2D eigenvalue weighted by atomic mass is 10.1. The number of amides is 1. The molecule has 0 saturated heterocycles. The predicted molar refractivity (Wildman–Crippen MR) is 98.2 cm³/mol. The highest BCUT2D eigenvalue weighted by molar-refractivity contribution is 6.35. The van der Waals surface area contributed by atoms with Crippen LogP contribution >= 0.6 is 11.6 Å². The first kappa shape index (κ1) is 17.1. The third kappa shape index (κ3) is 2.79. The Balaban J connectivity index is 2.48. The fourth-order valence-corrected chi connectivity index (χ4v) is 3.13. The average Bonchev–Trinajstić information content (AvgIpc) is 2.55. The van der Waals surface area contributed by atoms with E-state index in [-0.39, 0.29) is 5.56 Å². The average molecular weight is 357 g/mol. The Bertz CT molecular complexity index is 1060. The van der Waals surface area contributed by atoms with Crippen LogP contribution in [0.5, 0.6) is 0 Å². The SMILES string of the molecule is Cc1c(C(N)=O)cccc1-n1c([C@H](C)N)nc2cccc(Cl)c2c1=O. The number of rotatable bonds is 3. The van der Waals surface area contributed by atoms with E-state index in [2.05, 4.69) is 4.98 Å². The standard InChI is InChI=1S/C18H17ClN4O2/c1-9-11(16(21)24)5-3-8-14(9)23-17(10(2)20)22-13-7-4-6-12(19)15(13)18(23)25/h3-8,10H,20H2,1-2H3,(H2,21,24)/t10-/m0/s1. The zero-order valence-corrected chi connectivity index (χ0v) is 14.5. The molecule has 25 heavy (non-hydrogen) atoms. The van der Waals surface area contributed by atoms with Crippen LogP contribution in [0.2, 0.25) is 5.02 Å². The molecule has 0 radical (unpaired) electrons. The zero-order valence-electron chi connectivity index (χ0n) is 13.8. The largest absolute Gasteiger partial charge is 0.366 e. The molecule has 1 heterocycles. The van der Waals surface area contributed by atoms with Crippen LogP contribution in [0.15, 0.2) is 41.2 Å². The Labute approximate surface area is 149 Å². The number of hydrogen-bond acceptors (Lipinski definition) is 4. The van der Waals surface area contributed by atoms with E-state index in [1.807, 2.05) is 0 Å². The number of nitrogens with two attached hydrogens (primary N) is 2. The van der Waals surface area contributed by atoms with Crippen LogP contribution in [0.4, 0.5) is 0 Å². The lowest BCUT2D eigenvalue weighted by Crippen LogP contribution is -2.28. The summed E-state index contributed by atoms with van der Waals surface area (Å²) in [6.07, 6.45) is 0. The van der Waals surface area contributed by atoms with Gasteiger partial charge in [-0.25, -0.2) is 4.98 Å². The van der Waals surface area contributed by atoms with Gasteiger partial charge in [-0.2, -0.15) is 0 Å². The fraction of sp³-hybridized carbons (Fsp3) is 0.167. The highest BCUT2D eigenvalue weighted by Crippen LogP contribution is 2.24. The van der Waals surface area contributed by atoms with Gasteiger partial charge < -0.3 is 11.5 Å². The van der Waals surface area contributed by atoms with Gasteiger partial charge in [0.15, 0.2) is 0 Å². The van der Waals surface area contributed by atoms with Gasteiger partial charge in [0.05, 0.1) is 27.7 Å². The van der Waals surface area contributed by atoms with Gasteiger partial charge in [-0.3, -0.25) is 14.2 Å². The number of nitrogens with zero attached hydrogens (tertiary/aromatic N) is 2. The Kier molecular flexibility index (Phi) is 4.32. The molecule has 1 atom stereocenters. The summed E-state index contributed by atoms with van der Waals surface area (Å²) in [5.41, 5.74) is 13.0. The minimum atomic E-state index is -0.568. The summed E-state index contributed by atoms with van der Waals surface area (Å²) < 4.78 is 1.40. The first-order valence-electron chi connectivity index (χ1n) is 7.69. The maximum atomic E-state index is 13.2. The van der Waals surface area contributed by atoms with Crippen LogP contribution in [0, 0.1) is 6.92 Å². The molecule has 0 bridgehead atoms. The summed E-state index contributed by atoms with van der Waals surface area (Å²) in [5.74, 6) is -0.189. The van der Waals surface area contributed by atoms with Gasteiger partial charge in [-0.05, 0) is 43.7 Å². The molecule has 0 saturated carbocycles. The molecule has 1 aromatic heterocycles. The topological polar surface area (TPSA) is 104 Å².